The van der Waals surface area contributed by atoms with Crippen LogP contribution in [0.5, 0.6) is 0 Å². The second-order valence-corrected chi connectivity index (χ2v) is 5.69. The van der Waals surface area contributed by atoms with E-state index >= 15 is 0 Å². The van der Waals surface area contributed by atoms with Crippen LogP contribution in [0.3, 0.4) is 0 Å². The van der Waals surface area contributed by atoms with Crippen molar-refractivity contribution >= 4 is 17.9 Å². The van der Waals surface area contributed by atoms with Gasteiger partial charge in [0.1, 0.15) is 12.1 Å². The molecule has 0 heterocycles. The molecular formula is C19H35ClFNO. The number of carbonyl (C=O) groups excluding carboxylic acids is 1. The molecular weight excluding hydrogens is 313 g/mol. The third kappa shape index (κ3) is 19.0. The second kappa shape index (κ2) is 19.1. The van der Waals surface area contributed by atoms with Gasteiger partial charge in [0.15, 0.2) is 0 Å². The number of carbonyl (C=O) groups is 1. The molecule has 1 atom stereocenters. The molecule has 0 aliphatic heterocycles. The van der Waals surface area contributed by atoms with Crippen molar-refractivity contribution < 1.29 is 9.18 Å². The van der Waals surface area contributed by atoms with Gasteiger partial charge >= 0.3 is 0 Å². The van der Waals surface area contributed by atoms with Crippen molar-refractivity contribution in [3.05, 3.63) is 34.1 Å². The van der Waals surface area contributed by atoms with Gasteiger partial charge in [0.2, 0.25) is 0 Å². The van der Waals surface area contributed by atoms with E-state index in [0.717, 1.165) is 24.8 Å². The van der Waals surface area contributed by atoms with Crippen molar-refractivity contribution in [2.45, 2.75) is 67.7 Å². The highest BCUT2D eigenvalue weighted by Gasteiger charge is 2.00. The van der Waals surface area contributed by atoms with Crippen LogP contribution in [-0.2, 0) is 4.79 Å². The Hall–Kier alpha value is -0.930. The van der Waals surface area contributed by atoms with E-state index in [9.17, 15) is 9.18 Å². The first-order valence-electron chi connectivity index (χ1n) is 8.32. The summed E-state index contributed by atoms with van der Waals surface area (Å²) in [6, 6.07) is 3.07. The maximum atomic E-state index is 12.7. The van der Waals surface area contributed by atoms with Crippen LogP contribution in [0, 0.1) is 25.6 Å². The Morgan fingerprint density at radius 1 is 1.13 bits per heavy atom. The van der Waals surface area contributed by atoms with Gasteiger partial charge in [-0.25, -0.2) is 4.39 Å². The lowest BCUT2D eigenvalue weighted by Gasteiger charge is -1.99. The van der Waals surface area contributed by atoms with Crippen molar-refractivity contribution in [3.63, 3.8) is 0 Å². The lowest BCUT2D eigenvalue weighted by Crippen LogP contribution is -1.89. The average Bonchev–Trinajstić information content (AvgIpc) is 2.54. The Labute approximate surface area is 147 Å². The van der Waals surface area contributed by atoms with Gasteiger partial charge in [-0.05, 0) is 44.0 Å². The van der Waals surface area contributed by atoms with Crippen molar-refractivity contribution in [2.24, 2.45) is 11.7 Å². The molecule has 1 unspecified atom stereocenters. The first kappa shape index (κ1) is 26.9. The SMILES string of the molecule is CCC(C)C=O.CCCC.CCN.Cc1cc(C)c(Cl)cc1F. The summed E-state index contributed by atoms with van der Waals surface area (Å²) in [6.45, 7) is 14.5. The lowest BCUT2D eigenvalue weighted by atomic mass is 10.1. The van der Waals surface area contributed by atoms with Crippen molar-refractivity contribution in [1.82, 2.24) is 0 Å². The van der Waals surface area contributed by atoms with E-state index < -0.39 is 0 Å². The summed E-state index contributed by atoms with van der Waals surface area (Å²) < 4.78 is 12.7. The van der Waals surface area contributed by atoms with Crippen LogP contribution in [0.1, 0.15) is 65.0 Å². The van der Waals surface area contributed by atoms with Gasteiger partial charge in [0, 0.05) is 10.9 Å². The molecule has 0 saturated heterocycles. The topological polar surface area (TPSA) is 43.1 Å². The maximum Gasteiger partial charge on any atom is 0.127 e. The fourth-order valence-corrected chi connectivity index (χ4v) is 1.05. The molecule has 0 saturated carbocycles. The minimum atomic E-state index is -0.240. The molecule has 0 aliphatic rings. The van der Waals surface area contributed by atoms with Crippen molar-refractivity contribution in [3.8, 4) is 0 Å². The molecule has 0 aromatic heterocycles. The molecule has 2 N–H and O–H groups in total. The number of benzene rings is 1. The minimum absolute atomic E-state index is 0.240. The molecule has 0 bridgehead atoms. The zero-order chi connectivity index (χ0) is 18.8. The van der Waals surface area contributed by atoms with E-state index in [4.69, 9.17) is 17.3 Å². The summed E-state index contributed by atoms with van der Waals surface area (Å²) in [6.07, 6.45) is 4.57. The molecule has 1 aromatic carbocycles. The van der Waals surface area contributed by atoms with E-state index in [-0.39, 0.29) is 11.7 Å². The summed E-state index contributed by atoms with van der Waals surface area (Å²) in [5.74, 6) is 0.0144. The summed E-state index contributed by atoms with van der Waals surface area (Å²) >= 11 is 5.65. The van der Waals surface area contributed by atoms with Gasteiger partial charge in [-0.2, -0.15) is 0 Å². The first-order chi connectivity index (χ1) is 10.7. The van der Waals surface area contributed by atoms with Crippen LogP contribution in [0.25, 0.3) is 0 Å². The Morgan fingerprint density at radius 3 is 1.78 bits per heavy atom. The highest BCUT2D eigenvalue weighted by Crippen LogP contribution is 2.18. The van der Waals surface area contributed by atoms with Gasteiger partial charge in [-0.1, -0.05) is 65.1 Å². The normalized spacial score (nSPS) is 10.0. The maximum absolute atomic E-state index is 12.7. The Kier molecular flexibility index (Phi) is 22.4. The predicted octanol–water partition coefficient (Wildman–Crippen LogP) is 6.10. The van der Waals surface area contributed by atoms with Gasteiger partial charge in [-0.15, -0.1) is 0 Å². The second-order valence-electron chi connectivity index (χ2n) is 5.28. The monoisotopic (exact) mass is 347 g/mol. The summed E-state index contributed by atoms with van der Waals surface area (Å²) in [5, 5.41) is 0.489. The number of aldehydes is 1. The number of unbranched alkanes of at least 4 members (excludes halogenated alkanes) is 1. The standard InChI is InChI=1S/C8H8ClF.C5H10O.C4H10.C2H7N/c1-5-3-6(2)8(10)4-7(5)9;1-3-5(2)4-6;1-3-4-2;1-2-3/h3-4H,1-2H3;4-5H,3H2,1-2H3;3-4H2,1-2H3;2-3H2,1H3. The van der Waals surface area contributed by atoms with Gasteiger partial charge in [-0.3, -0.25) is 0 Å². The van der Waals surface area contributed by atoms with E-state index in [0.29, 0.717) is 10.6 Å². The third-order valence-electron chi connectivity index (χ3n) is 2.82. The Bertz CT molecular complexity index is 345. The molecule has 136 valence electrons. The number of aryl methyl sites for hydroxylation is 2. The largest absolute Gasteiger partial charge is 0.331 e. The van der Waals surface area contributed by atoms with Gasteiger partial charge in [0.05, 0.1) is 0 Å². The number of hydrogen-bond acceptors (Lipinski definition) is 2. The molecule has 0 fully saturated rings. The molecule has 23 heavy (non-hydrogen) atoms. The fourth-order valence-electron chi connectivity index (χ4n) is 0.898. The summed E-state index contributed by atoms with van der Waals surface area (Å²) in [7, 11) is 0. The van der Waals surface area contributed by atoms with E-state index in [1.54, 1.807) is 13.0 Å². The third-order valence-corrected chi connectivity index (χ3v) is 3.22. The highest BCUT2D eigenvalue weighted by atomic mass is 35.5. The van der Waals surface area contributed by atoms with Crippen LogP contribution in [0.15, 0.2) is 12.1 Å². The summed E-state index contributed by atoms with van der Waals surface area (Å²) in [5.41, 5.74) is 6.41. The highest BCUT2D eigenvalue weighted by molar-refractivity contribution is 6.31. The van der Waals surface area contributed by atoms with Crippen molar-refractivity contribution in [2.75, 3.05) is 6.54 Å². The van der Waals surface area contributed by atoms with Gasteiger partial charge < -0.3 is 10.5 Å². The number of nitrogens with two attached hydrogens (primary N) is 1. The lowest BCUT2D eigenvalue weighted by molar-refractivity contribution is -0.110. The van der Waals surface area contributed by atoms with Gasteiger partial charge in [0.25, 0.3) is 0 Å². The summed E-state index contributed by atoms with van der Waals surface area (Å²) in [4.78, 5) is 9.74. The molecule has 1 aromatic rings. The van der Waals surface area contributed by atoms with Crippen molar-refractivity contribution in [1.29, 1.82) is 0 Å². The van der Waals surface area contributed by atoms with E-state index in [1.165, 1.54) is 18.9 Å². The molecule has 0 amide bonds. The molecule has 0 radical (unpaired) electrons. The zero-order valence-electron chi connectivity index (χ0n) is 15.9. The van der Waals surface area contributed by atoms with Crippen LogP contribution in [-0.4, -0.2) is 12.8 Å². The quantitative estimate of drug-likeness (QED) is 0.671. The average molecular weight is 348 g/mol. The van der Waals surface area contributed by atoms with E-state index in [2.05, 4.69) is 13.8 Å². The van der Waals surface area contributed by atoms with Crippen LogP contribution in [0.4, 0.5) is 4.39 Å². The fraction of sp³-hybridized carbons (Fsp3) is 0.632. The smallest absolute Gasteiger partial charge is 0.127 e. The molecule has 2 nitrogen and oxygen atoms in total. The Balaban J connectivity index is -0.000000264. The molecule has 1 rings (SSSR count). The van der Waals surface area contributed by atoms with Crippen LogP contribution < -0.4 is 5.73 Å². The first-order valence-corrected chi connectivity index (χ1v) is 8.70. The molecule has 0 spiro atoms. The molecule has 0 aliphatic carbocycles. The number of halogens is 2. The predicted molar refractivity (Wildman–Crippen MR) is 102 cm³/mol. The van der Waals surface area contributed by atoms with E-state index in [1.807, 2.05) is 27.7 Å². The van der Waals surface area contributed by atoms with Crippen LogP contribution >= 0.6 is 11.6 Å². The number of rotatable bonds is 3. The Morgan fingerprint density at radius 2 is 1.57 bits per heavy atom. The van der Waals surface area contributed by atoms with Crippen LogP contribution in [0.2, 0.25) is 5.02 Å². The minimum Gasteiger partial charge on any atom is -0.331 e. The molecule has 4 heteroatoms. The number of hydrogen-bond donors (Lipinski definition) is 1. The zero-order valence-corrected chi connectivity index (χ0v) is 16.6.